The molecule has 0 amide bonds. The number of aromatic amines is 2. The standard InChI is InChI=1S/C20H17ClFN5.C20H20FN5/c1-2-27-17(10-14-12-25-19-16(14)4-3-9-23-19)18(21)20(26-27)24-11-13-5-7-15(22)8-6-13;1-2-26-17(10-15-13-24-20-18(15)4-3-9-22-20)11-19(25-26)23-12-14-5-7-16(21)8-6-14/h3-9,11-12H,2,10H2,1H3,(H,23,25);3-9,11,13H,2,10,12H2,1H3,(H,22,24)(H,23,25). The molecule has 13 heteroatoms. The Hall–Kier alpha value is -6.14. The number of hydrogen-bond donors (Lipinski definition) is 3. The predicted octanol–water partition coefficient (Wildman–Crippen LogP) is 9.03. The molecule has 6 aromatic heterocycles. The monoisotopic (exact) mass is 730 g/mol. The summed E-state index contributed by atoms with van der Waals surface area (Å²) in [5, 5.41) is 15.2. The molecule has 0 bridgehead atoms. The van der Waals surface area contributed by atoms with E-state index in [0.717, 1.165) is 68.9 Å². The molecule has 10 nitrogen and oxygen atoms in total. The van der Waals surface area contributed by atoms with Crippen molar-refractivity contribution < 1.29 is 8.78 Å². The van der Waals surface area contributed by atoms with Crippen LogP contribution >= 0.6 is 11.6 Å². The van der Waals surface area contributed by atoms with Crippen LogP contribution in [0, 0.1) is 11.6 Å². The Bertz CT molecular complexity index is 2480. The van der Waals surface area contributed by atoms with Gasteiger partial charge < -0.3 is 15.3 Å². The van der Waals surface area contributed by atoms with Crippen LogP contribution in [0.3, 0.4) is 0 Å². The molecule has 3 N–H and O–H groups in total. The van der Waals surface area contributed by atoms with Gasteiger partial charge in [0.25, 0.3) is 0 Å². The van der Waals surface area contributed by atoms with Crippen molar-refractivity contribution in [2.75, 3.05) is 5.32 Å². The summed E-state index contributed by atoms with van der Waals surface area (Å²) in [5.41, 5.74) is 7.88. The number of nitrogens with zero attached hydrogens (tertiary/aromatic N) is 7. The second kappa shape index (κ2) is 16.0. The Morgan fingerprint density at radius 1 is 0.774 bits per heavy atom. The average molecular weight is 731 g/mol. The highest BCUT2D eigenvalue weighted by atomic mass is 35.5. The maximum absolute atomic E-state index is 13.0. The first kappa shape index (κ1) is 35.3. The van der Waals surface area contributed by atoms with E-state index < -0.39 is 0 Å². The molecule has 6 heterocycles. The van der Waals surface area contributed by atoms with Crippen molar-refractivity contribution in [1.82, 2.24) is 39.5 Å². The summed E-state index contributed by atoms with van der Waals surface area (Å²) in [6, 6.07) is 22.6. The quantitative estimate of drug-likeness (QED) is 0.115. The highest BCUT2D eigenvalue weighted by molar-refractivity contribution is 6.33. The number of aromatic nitrogens is 8. The second-order valence-corrected chi connectivity index (χ2v) is 12.7. The third kappa shape index (κ3) is 8.18. The number of pyridine rings is 2. The highest BCUT2D eigenvalue weighted by Gasteiger charge is 2.17. The lowest BCUT2D eigenvalue weighted by Crippen LogP contribution is -2.04. The molecule has 0 aliphatic carbocycles. The molecule has 0 atom stereocenters. The smallest absolute Gasteiger partial charge is 0.192 e. The topological polar surface area (TPSA) is 117 Å². The lowest BCUT2D eigenvalue weighted by Gasteiger charge is -2.04. The van der Waals surface area contributed by atoms with Crippen LogP contribution in [0.5, 0.6) is 0 Å². The predicted molar refractivity (Wildman–Crippen MR) is 206 cm³/mol. The summed E-state index contributed by atoms with van der Waals surface area (Å²) in [6.07, 6.45) is 10.5. The largest absolute Gasteiger partial charge is 0.365 e. The third-order valence-electron chi connectivity index (χ3n) is 8.83. The van der Waals surface area contributed by atoms with E-state index in [2.05, 4.69) is 59.5 Å². The first-order valence-corrected chi connectivity index (χ1v) is 17.7. The minimum atomic E-state index is -0.282. The molecule has 0 spiro atoms. The maximum Gasteiger partial charge on any atom is 0.192 e. The molecule has 0 saturated heterocycles. The van der Waals surface area contributed by atoms with Gasteiger partial charge in [-0.2, -0.15) is 10.2 Å². The molecule has 268 valence electrons. The minimum Gasteiger partial charge on any atom is -0.365 e. The van der Waals surface area contributed by atoms with Crippen LogP contribution in [0.25, 0.3) is 22.1 Å². The fourth-order valence-electron chi connectivity index (χ4n) is 6.10. The van der Waals surface area contributed by atoms with Gasteiger partial charge >= 0.3 is 0 Å². The van der Waals surface area contributed by atoms with E-state index in [1.807, 2.05) is 46.9 Å². The molecular formula is C40H37ClF2N10. The van der Waals surface area contributed by atoms with Gasteiger partial charge in [0, 0.05) is 86.0 Å². The minimum absolute atomic E-state index is 0.223. The Kier molecular flexibility index (Phi) is 10.7. The summed E-state index contributed by atoms with van der Waals surface area (Å²) < 4.78 is 29.9. The van der Waals surface area contributed by atoms with Crippen molar-refractivity contribution in [1.29, 1.82) is 0 Å². The zero-order valence-corrected chi connectivity index (χ0v) is 29.9. The fraction of sp³-hybridized carbons (Fsp3) is 0.175. The van der Waals surface area contributed by atoms with Gasteiger partial charge in [-0.1, -0.05) is 35.9 Å². The molecule has 0 fully saturated rings. The Balaban J connectivity index is 0.000000164. The number of halogens is 3. The number of anilines is 1. The van der Waals surface area contributed by atoms with Gasteiger partial charge in [-0.05, 0) is 84.6 Å². The van der Waals surface area contributed by atoms with Gasteiger partial charge in [-0.3, -0.25) is 9.36 Å². The van der Waals surface area contributed by atoms with E-state index in [1.54, 1.807) is 42.9 Å². The number of aliphatic imine (C=N–C) groups is 1. The molecule has 2 aromatic carbocycles. The third-order valence-corrected chi connectivity index (χ3v) is 9.22. The number of benzene rings is 2. The number of hydrogen-bond acceptors (Lipinski definition) is 6. The van der Waals surface area contributed by atoms with Crippen LogP contribution in [0.1, 0.15) is 47.5 Å². The van der Waals surface area contributed by atoms with E-state index in [0.29, 0.717) is 30.4 Å². The Morgan fingerprint density at radius 3 is 2.00 bits per heavy atom. The van der Waals surface area contributed by atoms with Gasteiger partial charge in [-0.25, -0.2) is 23.7 Å². The number of nitrogens with one attached hydrogen (secondary N) is 3. The number of rotatable bonds is 11. The Labute approximate surface area is 309 Å². The Morgan fingerprint density at radius 2 is 1.38 bits per heavy atom. The van der Waals surface area contributed by atoms with E-state index in [1.165, 1.54) is 29.8 Å². The van der Waals surface area contributed by atoms with Gasteiger partial charge in [0.15, 0.2) is 5.82 Å². The number of H-pyrrole nitrogens is 2. The molecule has 0 aliphatic rings. The van der Waals surface area contributed by atoms with Gasteiger partial charge in [0.05, 0.1) is 5.69 Å². The van der Waals surface area contributed by atoms with Crippen LogP contribution in [0.15, 0.2) is 109 Å². The van der Waals surface area contributed by atoms with Crippen molar-refractivity contribution in [3.05, 3.63) is 154 Å². The number of aryl methyl sites for hydroxylation is 2. The van der Waals surface area contributed by atoms with Crippen LogP contribution < -0.4 is 5.32 Å². The lowest BCUT2D eigenvalue weighted by molar-refractivity contribution is 0.626. The zero-order valence-electron chi connectivity index (χ0n) is 29.2. The first-order valence-electron chi connectivity index (χ1n) is 17.3. The van der Waals surface area contributed by atoms with Crippen molar-refractivity contribution in [2.24, 2.45) is 4.99 Å². The van der Waals surface area contributed by atoms with Crippen molar-refractivity contribution in [3.63, 3.8) is 0 Å². The second-order valence-electron chi connectivity index (χ2n) is 12.3. The van der Waals surface area contributed by atoms with Crippen molar-refractivity contribution >= 4 is 51.5 Å². The lowest BCUT2D eigenvalue weighted by atomic mass is 10.1. The molecule has 8 rings (SSSR count). The average Bonchev–Trinajstić information content (AvgIpc) is 3.97. The van der Waals surface area contributed by atoms with E-state index in [4.69, 9.17) is 11.6 Å². The van der Waals surface area contributed by atoms with Gasteiger partial charge in [0.1, 0.15) is 33.8 Å². The number of fused-ring (bicyclic) bond motifs is 2. The summed E-state index contributed by atoms with van der Waals surface area (Å²) >= 11 is 6.58. The van der Waals surface area contributed by atoms with Crippen LogP contribution in [0.2, 0.25) is 5.02 Å². The normalized spacial score (nSPS) is 11.4. The SMILES string of the molecule is CCn1nc(N=Cc2ccc(F)cc2)c(Cl)c1Cc1c[nH]c2ncccc12.CCn1nc(NCc2ccc(F)cc2)cc1Cc1c[nH]c2ncccc12. The van der Waals surface area contributed by atoms with Gasteiger partial charge in [0.2, 0.25) is 0 Å². The molecule has 8 aromatic rings. The molecule has 0 unspecified atom stereocenters. The van der Waals surface area contributed by atoms with Gasteiger partial charge in [-0.15, -0.1) is 0 Å². The van der Waals surface area contributed by atoms with E-state index in [-0.39, 0.29) is 11.6 Å². The summed E-state index contributed by atoms with van der Waals surface area (Å²) in [4.78, 5) is 19.5. The molecule has 0 aliphatic heterocycles. The van der Waals surface area contributed by atoms with E-state index >= 15 is 0 Å². The fourth-order valence-corrected chi connectivity index (χ4v) is 6.36. The van der Waals surface area contributed by atoms with Crippen molar-refractivity contribution in [2.45, 2.75) is 46.3 Å². The molecule has 0 radical (unpaired) electrons. The van der Waals surface area contributed by atoms with E-state index in [9.17, 15) is 8.78 Å². The molecule has 0 saturated carbocycles. The van der Waals surface area contributed by atoms with Crippen LogP contribution in [0.4, 0.5) is 20.4 Å². The maximum atomic E-state index is 13.0. The highest BCUT2D eigenvalue weighted by Crippen LogP contribution is 2.31. The summed E-state index contributed by atoms with van der Waals surface area (Å²) in [5.74, 6) is 0.774. The zero-order chi connectivity index (χ0) is 36.7. The first-order chi connectivity index (χ1) is 25.9. The van der Waals surface area contributed by atoms with Crippen LogP contribution in [-0.2, 0) is 32.5 Å². The summed E-state index contributed by atoms with van der Waals surface area (Å²) in [7, 11) is 0. The van der Waals surface area contributed by atoms with Crippen LogP contribution in [-0.4, -0.2) is 45.7 Å². The van der Waals surface area contributed by atoms with Crippen molar-refractivity contribution in [3.8, 4) is 0 Å². The molecule has 53 heavy (non-hydrogen) atoms. The molecular weight excluding hydrogens is 694 g/mol. The summed E-state index contributed by atoms with van der Waals surface area (Å²) in [6.45, 7) is 6.18.